The van der Waals surface area contributed by atoms with Crippen molar-refractivity contribution in [3.05, 3.63) is 0 Å². The van der Waals surface area contributed by atoms with Crippen molar-refractivity contribution in [2.45, 2.75) is 38.6 Å². The molecule has 1 aliphatic carbocycles. The maximum absolute atomic E-state index is 11.5. The van der Waals surface area contributed by atoms with Crippen LogP contribution in [-0.4, -0.2) is 44.7 Å². The molecule has 2 aliphatic rings. The predicted molar refractivity (Wildman–Crippen MR) is 69.3 cm³/mol. The number of nitrogens with one attached hydrogen (secondary N) is 1. The minimum absolute atomic E-state index is 0.470. The number of nitrogens with zero attached hydrogens (tertiary/aromatic N) is 1. The molecule has 2 rings (SSSR count). The summed E-state index contributed by atoms with van der Waals surface area (Å²) in [5.74, 6) is 1.36. The minimum Gasteiger partial charge on any atom is -0.313 e. The average molecular weight is 260 g/mol. The van der Waals surface area contributed by atoms with E-state index in [0.29, 0.717) is 25.0 Å². The lowest BCUT2D eigenvalue weighted by Crippen LogP contribution is -2.50. The van der Waals surface area contributed by atoms with Gasteiger partial charge >= 0.3 is 0 Å². The molecule has 0 amide bonds. The molecule has 2 atom stereocenters. The Morgan fingerprint density at radius 1 is 1.29 bits per heavy atom. The van der Waals surface area contributed by atoms with Crippen LogP contribution in [0.15, 0.2) is 0 Å². The SMILES string of the molecule is CCC1CN(S(C)(=O)=O)CCC1NCC1CC1. The maximum atomic E-state index is 11.5. The van der Waals surface area contributed by atoms with Gasteiger partial charge in [-0.05, 0) is 37.6 Å². The van der Waals surface area contributed by atoms with E-state index in [9.17, 15) is 8.42 Å². The molecule has 1 saturated heterocycles. The van der Waals surface area contributed by atoms with Gasteiger partial charge in [0.15, 0.2) is 0 Å². The van der Waals surface area contributed by atoms with E-state index >= 15 is 0 Å². The lowest BCUT2D eigenvalue weighted by atomic mass is 9.91. The van der Waals surface area contributed by atoms with Crippen molar-refractivity contribution >= 4 is 10.0 Å². The molecule has 2 unspecified atom stereocenters. The second-order valence-corrected chi connectivity index (χ2v) is 7.52. The van der Waals surface area contributed by atoms with E-state index in [1.54, 1.807) is 4.31 Å². The summed E-state index contributed by atoms with van der Waals surface area (Å²) in [5.41, 5.74) is 0. The summed E-state index contributed by atoms with van der Waals surface area (Å²) in [6.45, 7) is 4.65. The fourth-order valence-corrected chi connectivity index (χ4v) is 3.52. The Labute approximate surface area is 105 Å². The summed E-state index contributed by atoms with van der Waals surface area (Å²) in [5, 5.41) is 3.64. The third-order valence-electron chi connectivity index (χ3n) is 4.06. The highest BCUT2D eigenvalue weighted by atomic mass is 32.2. The first kappa shape index (κ1) is 13.3. The van der Waals surface area contributed by atoms with Crippen LogP contribution in [0.1, 0.15) is 32.6 Å². The van der Waals surface area contributed by atoms with Crippen LogP contribution >= 0.6 is 0 Å². The zero-order valence-electron chi connectivity index (χ0n) is 10.9. The van der Waals surface area contributed by atoms with Crippen molar-refractivity contribution in [1.82, 2.24) is 9.62 Å². The Hall–Kier alpha value is -0.130. The van der Waals surface area contributed by atoms with Gasteiger partial charge in [-0.3, -0.25) is 0 Å². The summed E-state index contributed by atoms with van der Waals surface area (Å²) >= 11 is 0. The Bertz CT molecular complexity index is 352. The molecule has 0 aromatic heterocycles. The zero-order valence-corrected chi connectivity index (χ0v) is 11.7. The van der Waals surface area contributed by atoms with E-state index in [2.05, 4.69) is 12.2 Å². The molecule has 4 nitrogen and oxygen atoms in total. The topological polar surface area (TPSA) is 49.4 Å². The molecule has 0 spiro atoms. The number of rotatable bonds is 5. The fraction of sp³-hybridized carbons (Fsp3) is 1.00. The second-order valence-electron chi connectivity index (χ2n) is 5.54. The van der Waals surface area contributed by atoms with Gasteiger partial charge < -0.3 is 5.32 Å². The van der Waals surface area contributed by atoms with E-state index < -0.39 is 10.0 Å². The lowest BCUT2D eigenvalue weighted by molar-refractivity contribution is 0.202. The summed E-state index contributed by atoms with van der Waals surface area (Å²) in [7, 11) is -3.01. The first-order valence-corrected chi connectivity index (χ1v) is 8.54. The van der Waals surface area contributed by atoms with Crippen LogP contribution in [0, 0.1) is 11.8 Å². The third-order valence-corrected chi connectivity index (χ3v) is 5.33. The lowest BCUT2D eigenvalue weighted by Gasteiger charge is -2.37. The molecule has 1 aliphatic heterocycles. The molecular formula is C12H24N2O2S. The van der Waals surface area contributed by atoms with E-state index in [1.165, 1.54) is 19.1 Å². The van der Waals surface area contributed by atoms with Crippen LogP contribution in [-0.2, 0) is 10.0 Å². The molecule has 2 fully saturated rings. The van der Waals surface area contributed by atoms with Gasteiger partial charge in [-0.2, -0.15) is 0 Å². The molecule has 0 bridgehead atoms. The molecule has 100 valence electrons. The van der Waals surface area contributed by atoms with Crippen LogP contribution in [0.4, 0.5) is 0 Å². The monoisotopic (exact) mass is 260 g/mol. The van der Waals surface area contributed by atoms with Crippen LogP contribution in [0.2, 0.25) is 0 Å². The highest BCUT2D eigenvalue weighted by Crippen LogP contribution is 2.29. The van der Waals surface area contributed by atoms with Crippen molar-refractivity contribution in [1.29, 1.82) is 0 Å². The van der Waals surface area contributed by atoms with Gasteiger partial charge in [0.05, 0.1) is 6.26 Å². The van der Waals surface area contributed by atoms with E-state index in [0.717, 1.165) is 25.3 Å². The predicted octanol–water partition coefficient (Wildman–Crippen LogP) is 1.05. The van der Waals surface area contributed by atoms with E-state index in [-0.39, 0.29) is 0 Å². The molecular weight excluding hydrogens is 236 g/mol. The maximum Gasteiger partial charge on any atom is 0.211 e. The Kier molecular flexibility index (Phi) is 4.10. The zero-order chi connectivity index (χ0) is 12.5. The van der Waals surface area contributed by atoms with Gasteiger partial charge in [0.25, 0.3) is 0 Å². The van der Waals surface area contributed by atoms with Crippen LogP contribution in [0.3, 0.4) is 0 Å². The molecule has 0 aromatic rings. The molecule has 1 saturated carbocycles. The summed E-state index contributed by atoms with van der Waals surface area (Å²) in [6.07, 6.45) is 6.06. The van der Waals surface area contributed by atoms with Gasteiger partial charge in [0.2, 0.25) is 10.0 Å². The van der Waals surface area contributed by atoms with Crippen LogP contribution in [0.25, 0.3) is 0 Å². The molecule has 5 heteroatoms. The summed E-state index contributed by atoms with van der Waals surface area (Å²) in [6, 6.07) is 0.513. The second kappa shape index (κ2) is 5.24. The fourth-order valence-electron chi connectivity index (χ4n) is 2.62. The Balaban J connectivity index is 1.88. The normalized spacial score (nSPS) is 31.6. The number of hydrogen-bond acceptors (Lipinski definition) is 3. The number of piperidine rings is 1. The van der Waals surface area contributed by atoms with Crippen molar-refractivity contribution in [2.75, 3.05) is 25.9 Å². The minimum atomic E-state index is -3.01. The van der Waals surface area contributed by atoms with Gasteiger partial charge in [-0.1, -0.05) is 13.3 Å². The highest BCUT2D eigenvalue weighted by molar-refractivity contribution is 7.88. The standard InChI is InChI=1S/C12H24N2O2S/c1-3-11-9-14(17(2,15)16)7-6-12(11)13-8-10-4-5-10/h10-13H,3-9H2,1-2H3. The van der Waals surface area contributed by atoms with Crippen molar-refractivity contribution in [3.63, 3.8) is 0 Å². The Morgan fingerprint density at radius 3 is 2.53 bits per heavy atom. The van der Waals surface area contributed by atoms with Crippen molar-refractivity contribution in [2.24, 2.45) is 11.8 Å². The molecule has 0 radical (unpaired) electrons. The van der Waals surface area contributed by atoms with Crippen molar-refractivity contribution < 1.29 is 8.42 Å². The summed E-state index contributed by atoms with van der Waals surface area (Å²) in [4.78, 5) is 0. The largest absolute Gasteiger partial charge is 0.313 e. The van der Waals surface area contributed by atoms with Gasteiger partial charge in [-0.25, -0.2) is 12.7 Å². The van der Waals surface area contributed by atoms with Gasteiger partial charge in [0.1, 0.15) is 0 Å². The van der Waals surface area contributed by atoms with Gasteiger partial charge in [0, 0.05) is 19.1 Å². The first-order valence-electron chi connectivity index (χ1n) is 6.69. The molecule has 17 heavy (non-hydrogen) atoms. The number of hydrogen-bond donors (Lipinski definition) is 1. The smallest absolute Gasteiger partial charge is 0.211 e. The van der Waals surface area contributed by atoms with E-state index in [1.807, 2.05) is 0 Å². The number of sulfonamides is 1. The van der Waals surface area contributed by atoms with E-state index in [4.69, 9.17) is 0 Å². The van der Waals surface area contributed by atoms with Crippen LogP contribution < -0.4 is 5.32 Å². The molecule has 1 N–H and O–H groups in total. The average Bonchev–Trinajstić information content (AvgIpc) is 3.08. The highest BCUT2D eigenvalue weighted by Gasteiger charge is 2.32. The van der Waals surface area contributed by atoms with Crippen molar-refractivity contribution in [3.8, 4) is 0 Å². The van der Waals surface area contributed by atoms with Crippen LogP contribution in [0.5, 0.6) is 0 Å². The first-order chi connectivity index (χ1) is 8.00. The van der Waals surface area contributed by atoms with Gasteiger partial charge in [-0.15, -0.1) is 0 Å². The third kappa shape index (κ3) is 3.66. The molecule has 0 aromatic carbocycles. The Morgan fingerprint density at radius 2 is 2.00 bits per heavy atom. The quantitative estimate of drug-likeness (QED) is 0.804. The molecule has 1 heterocycles. The summed E-state index contributed by atoms with van der Waals surface area (Å²) < 4.78 is 24.7.